The van der Waals surface area contributed by atoms with Crippen LogP contribution in [0, 0.1) is 0 Å². The maximum absolute atomic E-state index is 12.4. The van der Waals surface area contributed by atoms with Crippen molar-refractivity contribution in [3.8, 4) is 0 Å². The Morgan fingerprint density at radius 2 is 2.37 bits per heavy atom. The minimum atomic E-state index is -0.0538. The van der Waals surface area contributed by atoms with Crippen molar-refractivity contribution in [1.82, 2.24) is 14.7 Å². The Labute approximate surface area is 116 Å². The molecule has 0 bridgehead atoms. The molecule has 0 atom stereocenters. The van der Waals surface area contributed by atoms with Crippen LogP contribution in [0.3, 0.4) is 0 Å². The van der Waals surface area contributed by atoms with Gasteiger partial charge in [-0.3, -0.25) is 9.48 Å². The van der Waals surface area contributed by atoms with Crippen LogP contribution in [0.15, 0.2) is 29.8 Å². The van der Waals surface area contributed by atoms with Gasteiger partial charge in [-0.25, -0.2) is 0 Å². The first-order chi connectivity index (χ1) is 9.22. The number of aromatic nitrogens is 2. The summed E-state index contributed by atoms with van der Waals surface area (Å²) in [6.45, 7) is 1.19. The molecular weight excluding hydrogens is 262 g/mol. The number of hydrogen-bond acceptors (Lipinski definition) is 4. The van der Waals surface area contributed by atoms with Crippen molar-refractivity contribution in [2.45, 2.75) is 13.0 Å². The van der Waals surface area contributed by atoms with Crippen LogP contribution in [-0.4, -0.2) is 38.8 Å². The van der Waals surface area contributed by atoms with Gasteiger partial charge in [-0.1, -0.05) is 6.07 Å². The van der Waals surface area contributed by atoms with Crippen LogP contribution in [-0.2, 0) is 13.6 Å². The van der Waals surface area contributed by atoms with Crippen molar-refractivity contribution in [2.24, 2.45) is 7.05 Å². The van der Waals surface area contributed by atoms with E-state index in [0.29, 0.717) is 25.2 Å². The van der Waals surface area contributed by atoms with Crippen LogP contribution in [0.25, 0.3) is 0 Å². The number of nitrogens with zero attached hydrogens (tertiary/aromatic N) is 3. The van der Waals surface area contributed by atoms with E-state index >= 15 is 0 Å². The number of carbonyl (C=O) groups is 1. The molecule has 19 heavy (non-hydrogen) atoms. The molecule has 102 valence electrons. The van der Waals surface area contributed by atoms with Crippen molar-refractivity contribution in [1.29, 1.82) is 0 Å². The Morgan fingerprint density at radius 3 is 2.95 bits per heavy atom. The predicted octanol–water partition coefficient (Wildman–Crippen LogP) is 1.51. The minimum absolute atomic E-state index is 0.0538. The van der Waals surface area contributed by atoms with Crippen LogP contribution >= 0.6 is 11.3 Å². The number of thiophene rings is 1. The van der Waals surface area contributed by atoms with Gasteiger partial charge in [-0.15, -0.1) is 11.3 Å². The molecule has 1 amide bonds. The first-order valence-electron chi connectivity index (χ1n) is 6.13. The van der Waals surface area contributed by atoms with E-state index in [0.717, 1.165) is 4.88 Å². The van der Waals surface area contributed by atoms with Crippen LogP contribution in [0.4, 0.5) is 0 Å². The number of amides is 1. The van der Waals surface area contributed by atoms with E-state index in [1.165, 1.54) is 0 Å². The molecule has 0 fully saturated rings. The third-order valence-corrected chi connectivity index (χ3v) is 3.70. The molecular formula is C13H17N3O2S. The fourth-order valence-corrected chi connectivity index (χ4v) is 2.57. The summed E-state index contributed by atoms with van der Waals surface area (Å²) in [7, 11) is 1.75. The molecule has 2 rings (SSSR count). The number of aryl methyl sites for hydroxylation is 1. The molecule has 2 heterocycles. The SMILES string of the molecule is Cn1nccc1C(=O)N(CCCO)Cc1cccs1. The second-order valence-electron chi connectivity index (χ2n) is 4.22. The predicted molar refractivity (Wildman–Crippen MR) is 74.0 cm³/mol. The molecule has 0 aliphatic rings. The van der Waals surface area contributed by atoms with Gasteiger partial charge in [0.2, 0.25) is 0 Å². The van der Waals surface area contributed by atoms with Gasteiger partial charge in [0.1, 0.15) is 5.69 Å². The molecule has 2 aromatic rings. The number of aliphatic hydroxyl groups is 1. The Hall–Kier alpha value is -1.66. The van der Waals surface area contributed by atoms with Crippen molar-refractivity contribution in [3.05, 3.63) is 40.3 Å². The lowest BCUT2D eigenvalue weighted by atomic mass is 10.3. The summed E-state index contributed by atoms with van der Waals surface area (Å²) in [4.78, 5) is 15.3. The van der Waals surface area contributed by atoms with Crippen LogP contribution < -0.4 is 0 Å². The van der Waals surface area contributed by atoms with Crippen LogP contribution in [0.1, 0.15) is 21.8 Å². The van der Waals surface area contributed by atoms with E-state index in [1.807, 2.05) is 17.5 Å². The van der Waals surface area contributed by atoms with Gasteiger partial charge in [0.05, 0.1) is 6.54 Å². The standard InChI is InChI=1S/C13H17N3O2S/c1-15-12(5-6-14-15)13(18)16(7-3-8-17)10-11-4-2-9-19-11/h2,4-6,9,17H,3,7-8,10H2,1H3. The highest BCUT2D eigenvalue weighted by molar-refractivity contribution is 7.09. The molecule has 0 aliphatic heterocycles. The molecule has 0 aromatic carbocycles. The quantitative estimate of drug-likeness (QED) is 0.872. The highest BCUT2D eigenvalue weighted by Crippen LogP contribution is 2.14. The zero-order valence-corrected chi connectivity index (χ0v) is 11.6. The van der Waals surface area contributed by atoms with Crippen LogP contribution in [0.5, 0.6) is 0 Å². The summed E-state index contributed by atoms with van der Waals surface area (Å²) in [6.07, 6.45) is 2.19. The van der Waals surface area contributed by atoms with Crippen molar-refractivity contribution >= 4 is 17.2 Å². The second kappa shape index (κ2) is 6.49. The maximum atomic E-state index is 12.4. The molecule has 0 radical (unpaired) electrons. The van der Waals surface area contributed by atoms with Gasteiger partial charge < -0.3 is 10.0 Å². The van der Waals surface area contributed by atoms with Crippen LogP contribution in [0.2, 0.25) is 0 Å². The summed E-state index contributed by atoms with van der Waals surface area (Å²) < 4.78 is 1.57. The minimum Gasteiger partial charge on any atom is -0.396 e. The van der Waals surface area contributed by atoms with Gasteiger partial charge in [0, 0.05) is 31.3 Å². The lowest BCUT2D eigenvalue weighted by Crippen LogP contribution is -2.33. The normalized spacial score (nSPS) is 10.6. The Kier molecular flexibility index (Phi) is 4.70. The smallest absolute Gasteiger partial charge is 0.272 e. The molecule has 0 spiro atoms. The zero-order chi connectivity index (χ0) is 13.7. The first kappa shape index (κ1) is 13.8. The highest BCUT2D eigenvalue weighted by atomic mass is 32.1. The summed E-state index contributed by atoms with van der Waals surface area (Å²) in [6, 6.07) is 5.69. The average Bonchev–Trinajstić information content (AvgIpc) is 3.05. The van der Waals surface area contributed by atoms with E-state index in [4.69, 9.17) is 5.11 Å². The van der Waals surface area contributed by atoms with Crippen molar-refractivity contribution < 1.29 is 9.90 Å². The molecule has 2 aromatic heterocycles. The summed E-state index contributed by atoms with van der Waals surface area (Å²) in [5.41, 5.74) is 0.564. The zero-order valence-electron chi connectivity index (χ0n) is 10.8. The Balaban J connectivity index is 2.12. The monoisotopic (exact) mass is 279 g/mol. The van der Waals surface area contributed by atoms with E-state index in [1.54, 1.807) is 40.2 Å². The molecule has 0 saturated carbocycles. The molecule has 1 N–H and O–H groups in total. The van der Waals surface area contributed by atoms with E-state index in [-0.39, 0.29) is 12.5 Å². The maximum Gasteiger partial charge on any atom is 0.272 e. The Morgan fingerprint density at radius 1 is 1.53 bits per heavy atom. The van der Waals surface area contributed by atoms with Gasteiger partial charge >= 0.3 is 0 Å². The molecule has 0 unspecified atom stereocenters. The van der Waals surface area contributed by atoms with Gasteiger partial charge in [-0.05, 0) is 23.9 Å². The molecule has 0 aliphatic carbocycles. The number of aliphatic hydroxyl groups excluding tert-OH is 1. The van der Waals surface area contributed by atoms with Crippen molar-refractivity contribution in [3.63, 3.8) is 0 Å². The van der Waals surface area contributed by atoms with E-state index in [2.05, 4.69) is 5.10 Å². The van der Waals surface area contributed by atoms with Crippen molar-refractivity contribution in [2.75, 3.05) is 13.2 Å². The third kappa shape index (κ3) is 3.42. The number of carbonyl (C=O) groups excluding carboxylic acids is 1. The number of hydrogen-bond donors (Lipinski definition) is 1. The fourth-order valence-electron chi connectivity index (χ4n) is 1.85. The second-order valence-corrected chi connectivity index (χ2v) is 5.26. The summed E-state index contributed by atoms with van der Waals surface area (Å²) in [5, 5.41) is 15.0. The lowest BCUT2D eigenvalue weighted by molar-refractivity contribution is 0.0722. The average molecular weight is 279 g/mol. The van der Waals surface area contributed by atoms with Gasteiger partial charge in [0.15, 0.2) is 0 Å². The first-order valence-corrected chi connectivity index (χ1v) is 7.01. The molecule has 6 heteroatoms. The van der Waals surface area contributed by atoms with Gasteiger partial charge in [-0.2, -0.15) is 5.10 Å². The fraction of sp³-hybridized carbons (Fsp3) is 0.385. The van der Waals surface area contributed by atoms with Gasteiger partial charge in [0.25, 0.3) is 5.91 Å². The van der Waals surface area contributed by atoms with E-state index in [9.17, 15) is 4.79 Å². The highest BCUT2D eigenvalue weighted by Gasteiger charge is 2.18. The number of rotatable bonds is 6. The largest absolute Gasteiger partial charge is 0.396 e. The lowest BCUT2D eigenvalue weighted by Gasteiger charge is -2.21. The summed E-state index contributed by atoms with van der Waals surface area (Å²) in [5.74, 6) is -0.0538. The van der Waals surface area contributed by atoms with E-state index < -0.39 is 0 Å². The topological polar surface area (TPSA) is 58.4 Å². The third-order valence-electron chi connectivity index (χ3n) is 2.84. The molecule has 5 nitrogen and oxygen atoms in total. The molecule has 0 saturated heterocycles. The summed E-state index contributed by atoms with van der Waals surface area (Å²) >= 11 is 1.62. The Bertz CT molecular complexity index is 522.